The van der Waals surface area contributed by atoms with Gasteiger partial charge in [-0.05, 0) is 36.7 Å². The zero-order valence-corrected chi connectivity index (χ0v) is 9.77. The van der Waals surface area contributed by atoms with Crippen LogP contribution in [-0.4, -0.2) is 9.78 Å². The minimum absolute atomic E-state index is 0.0587. The molecule has 1 aromatic rings. The first-order valence-electron chi connectivity index (χ1n) is 4.47. The van der Waals surface area contributed by atoms with E-state index in [0.29, 0.717) is 0 Å². The molecule has 1 aromatic heterocycles. The molecule has 0 saturated carbocycles. The van der Waals surface area contributed by atoms with Gasteiger partial charge in [0.05, 0.1) is 11.2 Å². The Morgan fingerprint density at radius 2 is 2.08 bits per heavy atom. The summed E-state index contributed by atoms with van der Waals surface area (Å²) in [5.74, 6) is 0. The maximum Gasteiger partial charge on any atom is 0.109 e. The van der Waals surface area contributed by atoms with Crippen molar-refractivity contribution in [3.05, 3.63) is 15.9 Å². The summed E-state index contributed by atoms with van der Waals surface area (Å²) < 4.78 is 3.18. The highest BCUT2D eigenvalue weighted by atomic mass is 79.9. The quantitative estimate of drug-likeness (QED) is 0.756. The minimum Gasteiger partial charge on any atom is -0.307 e. The molecule has 0 atom stereocenters. The van der Waals surface area contributed by atoms with E-state index in [1.54, 1.807) is 0 Å². The summed E-state index contributed by atoms with van der Waals surface area (Å²) in [5.41, 5.74) is 2.56. The Morgan fingerprint density at radius 3 is 2.62 bits per heavy atom. The fourth-order valence-corrected chi connectivity index (χ4v) is 2.52. The van der Waals surface area contributed by atoms with Crippen LogP contribution in [0.5, 0.6) is 0 Å². The van der Waals surface area contributed by atoms with E-state index in [1.165, 1.54) is 11.3 Å². The van der Waals surface area contributed by atoms with Crippen LogP contribution in [0.25, 0.3) is 0 Å². The molecule has 13 heavy (non-hydrogen) atoms. The Labute approximate surface area is 86.6 Å². The van der Waals surface area contributed by atoms with E-state index in [2.05, 4.69) is 51.8 Å². The third kappa shape index (κ3) is 1.42. The minimum atomic E-state index is 0.0587. The number of hydrogen-bond acceptors (Lipinski definition) is 2. The molecule has 3 nitrogen and oxygen atoms in total. The Hall–Kier alpha value is -0.350. The lowest BCUT2D eigenvalue weighted by atomic mass is 10.1. The Morgan fingerprint density at radius 1 is 1.38 bits per heavy atom. The second-order valence-corrected chi connectivity index (χ2v) is 5.15. The average molecular weight is 244 g/mol. The van der Waals surface area contributed by atoms with E-state index in [0.717, 1.165) is 17.7 Å². The molecule has 0 radical (unpaired) electrons. The molecule has 0 fully saturated rings. The lowest BCUT2D eigenvalue weighted by molar-refractivity contribution is 0.344. The molecule has 0 aromatic carbocycles. The molecular weight excluding hydrogens is 230 g/mol. The summed E-state index contributed by atoms with van der Waals surface area (Å²) in [6.45, 7) is 8.32. The predicted octanol–water partition coefficient (Wildman–Crippen LogP) is 2.00. The van der Waals surface area contributed by atoms with Gasteiger partial charge in [-0.3, -0.25) is 4.68 Å². The molecule has 0 unspecified atom stereocenters. The summed E-state index contributed by atoms with van der Waals surface area (Å²) >= 11 is 3.60. The van der Waals surface area contributed by atoms with E-state index in [-0.39, 0.29) is 5.54 Å². The normalized spacial score (nSPS) is 16.3. The summed E-state index contributed by atoms with van der Waals surface area (Å²) in [6.07, 6.45) is 0. The maximum absolute atomic E-state index is 4.57. The summed E-state index contributed by atoms with van der Waals surface area (Å²) in [5, 5.41) is 7.85. The Bertz CT molecular complexity index is 335. The van der Waals surface area contributed by atoms with Gasteiger partial charge < -0.3 is 5.32 Å². The molecule has 0 spiro atoms. The van der Waals surface area contributed by atoms with Crippen molar-refractivity contribution in [3.63, 3.8) is 0 Å². The van der Waals surface area contributed by atoms with E-state index in [1.807, 2.05) is 0 Å². The Kier molecular flexibility index (Phi) is 2.00. The molecule has 0 bridgehead atoms. The number of aromatic nitrogens is 2. The van der Waals surface area contributed by atoms with E-state index in [9.17, 15) is 0 Å². The number of halogens is 1. The molecule has 1 aliphatic rings. The van der Waals surface area contributed by atoms with Gasteiger partial charge in [-0.25, -0.2) is 0 Å². The van der Waals surface area contributed by atoms with E-state index < -0.39 is 0 Å². The highest BCUT2D eigenvalue weighted by molar-refractivity contribution is 9.10. The van der Waals surface area contributed by atoms with Crippen LogP contribution in [0.1, 0.15) is 32.0 Å². The van der Waals surface area contributed by atoms with Gasteiger partial charge in [-0.1, -0.05) is 0 Å². The van der Waals surface area contributed by atoms with Crippen LogP contribution in [-0.2, 0) is 18.6 Å². The van der Waals surface area contributed by atoms with Crippen LogP contribution in [0.2, 0.25) is 0 Å². The topological polar surface area (TPSA) is 29.9 Å². The lowest BCUT2D eigenvalue weighted by Gasteiger charge is -2.21. The number of rotatable bonds is 0. The van der Waals surface area contributed by atoms with Crippen molar-refractivity contribution >= 4 is 15.9 Å². The van der Waals surface area contributed by atoms with Crippen LogP contribution in [0, 0.1) is 0 Å². The van der Waals surface area contributed by atoms with Crippen LogP contribution in [0.3, 0.4) is 0 Å². The average Bonchev–Trinajstić information content (AvgIpc) is 2.51. The third-order valence-electron chi connectivity index (χ3n) is 2.23. The van der Waals surface area contributed by atoms with Crippen molar-refractivity contribution in [1.29, 1.82) is 0 Å². The molecule has 0 aliphatic carbocycles. The highest BCUT2D eigenvalue weighted by Gasteiger charge is 2.25. The van der Waals surface area contributed by atoms with Gasteiger partial charge in [0.15, 0.2) is 0 Å². The van der Waals surface area contributed by atoms with Crippen LogP contribution in [0.15, 0.2) is 4.60 Å². The standard InChI is InChI=1S/C9H14BrN3/c1-9(2,3)13-8(10)6-4-11-5-7(6)12-13/h11H,4-5H2,1-3H3. The maximum atomic E-state index is 4.57. The third-order valence-corrected chi connectivity index (χ3v) is 3.05. The molecule has 4 heteroatoms. The smallest absolute Gasteiger partial charge is 0.109 e. The summed E-state index contributed by atoms with van der Waals surface area (Å²) in [6, 6.07) is 0. The van der Waals surface area contributed by atoms with Gasteiger partial charge >= 0.3 is 0 Å². The molecule has 2 rings (SSSR count). The van der Waals surface area contributed by atoms with Gasteiger partial charge in [-0.15, -0.1) is 0 Å². The lowest BCUT2D eigenvalue weighted by Crippen LogP contribution is -2.24. The second kappa shape index (κ2) is 2.82. The number of nitrogens with one attached hydrogen (secondary N) is 1. The molecular formula is C9H14BrN3. The number of hydrogen-bond donors (Lipinski definition) is 1. The molecule has 1 aliphatic heterocycles. The first-order chi connectivity index (χ1) is 6.00. The number of fused-ring (bicyclic) bond motifs is 1. The highest BCUT2D eigenvalue weighted by Crippen LogP contribution is 2.29. The fraction of sp³-hybridized carbons (Fsp3) is 0.667. The van der Waals surface area contributed by atoms with Gasteiger partial charge in [0.1, 0.15) is 4.60 Å². The second-order valence-electron chi connectivity index (χ2n) is 4.40. The first-order valence-corrected chi connectivity index (χ1v) is 5.27. The monoisotopic (exact) mass is 243 g/mol. The molecule has 2 heterocycles. The van der Waals surface area contributed by atoms with Crippen molar-refractivity contribution in [3.8, 4) is 0 Å². The van der Waals surface area contributed by atoms with Gasteiger partial charge in [0.25, 0.3) is 0 Å². The van der Waals surface area contributed by atoms with Crippen LogP contribution >= 0.6 is 15.9 Å². The van der Waals surface area contributed by atoms with E-state index >= 15 is 0 Å². The van der Waals surface area contributed by atoms with E-state index in [4.69, 9.17) is 0 Å². The van der Waals surface area contributed by atoms with Gasteiger partial charge in [-0.2, -0.15) is 5.10 Å². The number of nitrogens with zero attached hydrogens (tertiary/aromatic N) is 2. The fourth-order valence-electron chi connectivity index (χ4n) is 1.54. The van der Waals surface area contributed by atoms with Crippen molar-refractivity contribution in [1.82, 2.24) is 15.1 Å². The predicted molar refractivity (Wildman–Crippen MR) is 55.5 cm³/mol. The van der Waals surface area contributed by atoms with Crippen LogP contribution < -0.4 is 5.32 Å². The van der Waals surface area contributed by atoms with Crippen molar-refractivity contribution < 1.29 is 0 Å². The van der Waals surface area contributed by atoms with Gasteiger partial charge in [0, 0.05) is 18.7 Å². The summed E-state index contributed by atoms with van der Waals surface area (Å²) in [4.78, 5) is 0. The van der Waals surface area contributed by atoms with Crippen LogP contribution in [0.4, 0.5) is 0 Å². The summed E-state index contributed by atoms with van der Waals surface area (Å²) in [7, 11) is 0. The van der Waals surface area contributed by atoms with Crippen molar-refractivity contribution in [2.45, 2.75) is 39.4 Å². The molecule has 72 valence electrons. The first kappa shape index (κ1) is 9.21. The SMILES string of the molecule is CC(C)(C)n1nc2c(c1Br)CNC2. The zero-order valence-electron chi connectivity index (χ0n) is 8.19. The molecule has 1 N–H and O–H groups in total. The largest absolute Gasteiger partial charge is 0.307 e. The van der Waals surface area contributed by atoms with Crippen molar-refractivity contribution in [2.24, 2.45) is 0 Å². The Balaban J connectivity index is 2.51. The zero-order chi connectivity index (χ0) is 9.64. The van der Waals surface area contributed by atoms with Gasteiger partial charge in [0.2, 0.25) is 0 Å². The molecule has 0 saturated heterocycles. The molecule has 0 amide bonds. The van der Waals surface area contributed by atoms with Crippen molar-refractivity contribution in [2.75, 3.05) is 0 Å².